The number of rotatable bonds is 3. The highest BCUT2D eigenvalue weighted by atomic mass is 79.9. The van der Waals surface area contributed by atoms with Crippen molar-refractivity contribution in [1.29, 1.82) is 0 Å². The average Bonchev–Trinajstić information content (AvgIpc) is 2.35. The van der Waals surface area contributed by atoms with Crippen molar-refractivity contribution < 1.29 is 18.3 Å². The summed E-state index contributed by atoms with van der Waals surface area (Å²) in [5, 5.41) is 0. The van der Waals surface area contributed by atoms with E-state index in [1.165, 1.54) is 24.3 Å². The molecule has 0 spiro atoms. The fourth-order valence-electron chi connectivity index (χ4n) is 1.40. The van der Waals surface area contributed by atoms with Crippen molar-refractivity contribution in [2.75, 3.05) is 0 Å². The van der Waals surface area contributed by atoms with E-state index in [1.54, 1.807) is 0 Å². The SMILES string of the molecule is O=Cc1ccc(Oc2cc(Br)cc(F)c2F)cc1Br. The summed E-state index contributed by atoms with van der Waals surface area (Å²) in [6.07, 6.45) is 0.674. The smallest absolute Gasteiger partial charge is 0.201 e. The molecular formula is C13H6Br2F2O2. The van der Waals surface area contributed by atoms with E-state index in [-0.39, 0.29) is 11.5 Å². The van der Waals surface area contributed by atoms with Gasteiger partial charge in [0.25, 0.3) is 0 Å². The van der Waals surface area contributed by atoms with E-state index in [0.29, 0.717) is 20.8 Å². The maximum absolute atomic E-state index is 13.5. The van der Waals surface area contributed by atoms with Crippen molar-refractivity contribution in [1.82, 2.24) is 0 Å². The minimum absolute atomic E-state index is 0.238. The Balaban J connectivity index is 2.36. The van der Waals surface area contributed by atoms with Gasteiger partial charge in [-0.05, 0) is 46.3 Å². The third-order valence-corrected chi connectivity index (χ3v) is 3.43. The second kappa shape index (κ2) is 5.79. The molecule has 0 bridgehead atoms. The molecule has 2 aromatic rings. The molecule has 98 valence electrons. The van der Waals surface area contributed by atoms with Crippen molar-refractivity contribution in [3.63, 3.8) is 0 Å². The first-order chi connectivity index (χ1) is 9.01. The lowest BCUT2D eigenvalue weighted by atomic mass is 10.2. The van der Waals surface area contributed by atoms with E-state index in [1.807, 2.05) is 0 Å². The molecule has 0 atom stereocenters. The lowest BCUT2D eigenvalue weighted by molar-refractivity contribution is 0.112. The molecule has 2 rings (SSSR count). The van der Waals surface area contributed by atoms with Gasteiger partial charge in [-0.25, -0.2) is 4.39 Å². The van der Waals surface area contributed by atoms with Crippen LogP contribution < -0.4 is 4.74 Å². The zero-order valence-electron chi connectivity index (χ0n) is 9.29. The van der Waals surface area contributed by atoms with Crippen LogP contribution in [0.3, 0.4) is 0 Å². The summed E-state index contributed by atoms with van der Waals surface area (Å²) in [5.41, 5.74) is 0.438. The fourth-order valence-corrected chi connectivity index (χ4v) is 2.26. The van der Waals surface area contributed by atoms with Crippen LogP contribution >= 0.6 is 31.9 Å². The number of ether oxygens (including phenoxy) is 1. The van der Waals surface area contributed by atoms with Crippen molar-refractivity contribution in [3.8, 4) is 11.5 Å². The van der Waals surface area contributed by atoms with Crippen LogP contribution in [-0.4, -0.2) is 6.29 Å². The number of carbonyl (C=O) groups excluding carboxylic acids is 1. The van der Waals surface area contributed by atoms with E-state index < -0.39 is 11.6 Å². The van der Waals surface area contributed by atoms with E-state index in [4.69, 9.17) is 4.74 Å². The molecule has 0 heterocycles. The van der Waals surface area contributed by atoms with Gasteiger partial charge >= 0.3 is 0 Å². The number of benzene rings is 2. The second-order valence-corrected chi connectivity index (χ2v) is 5.37. The Hall–Kier alpha value is -1.27. The standard InChI is InChI=1S/C13H6Br2F2O2/c14-8-3-11(16)13(17)12(4-8)19-9-2-1-7(6-18)10(15)5-9/h1-6H. The van der Waals surface area contributed by atoms with Gasteiger partial charge in [-0.1, -0.05) is 15.9 Å². The van der Waals surface area contributed by atoms with Crippen molar-refractivity contribution >= 4 is 38.1 Å². The molecule has 0 aromatic heterocycles. The highest BCUT2D eigenvalue weighted by Crippen LogP contribution is 2.31. The minimum atomic E-state index is -1.07. The first-order valence-corrected chi connectivity index (χ1v) is 6.67. The number of hydrogen-bond donors (Lipinski definition) is 0. The predicted octanol–water partition coefficient (Wildman–Crippen LogP) is 5.09. The third-order valence-electron chi connectivity index (χ3n) is 2.29. The molecule has 0 fully saturated rings. The Morgan fingerprint density at radius 2 is 1.84 bits per heavy atom. The lowest BCUT2D eigenvalue weighted by Gasteiger charge is -2.09. The first kappa shape index (κ1) is 14.1. The molecule has 2 nitrogen and oxygen atoms in total. The van der Waals surface area contributed by atoms with Gasteiger partial charge in [0.2, 0.25) is 5.82 Å². The summed E-state index contributed by atoms with van der Waals surface area (Å²) in [5.74, 6) is -2.03. The van der Waals surface area contributed by atoms with Crippen LogP contribution in [0.2, 0.25) is 0 Å². The average molecular weight is 392 g/mol. The normalized spacial score (nSPS) is 10.3. The number of hydrogen-bond acceptors (Lipinski definition) is 2. The highest BCUT2D eigenvalue weighted by molar-refractivity contribution is 9.10. The van der Waals surface area contributed by atoms with Gasteiger partial charge in [0.1, 0.15) is 5.75 Å². The van der Waals surface area contributed by atoms with Crippen LogP contribution in [0.5, 0.6) is 11.5 Å². The van der Waals surface area contributed by atoms with Gasteiger partial charge in [-0.3, -0.25) is 4.79 Å². The second-order valence-electron chi connectivity index (χ2n) is 3.60. The Bertz CT molecular complexity index is 645. The maximum atomic E-state index is 13.5. The molecule has 0 aliphatic rings. The molecular weight excluding hydrogens is 386 g/mol. The molecule has 6 heteroatoms. The Labute approximate surface area is 124 Å². The van der Waals surface area contributed by atoms with Crippen LogP contribution in [0.1, 0.15) is 10.4 Å². The summed E-state index contributed by atoms with van der Waals surface area (Å²) >= 11 is 6.24. The summed E-state index contributed by atoms with van der Waals surface area (Å²) in [6, 6.07) is 6.83. The van der Waals surface area contributed by atoms with Gasteiger partial charge in [-0.2, -0.15) is 4.39 Å². The number of halogens is 4. The van der Waals surface area contributed by atoms with Crippen molar-refractivity contribution in [2.24, 2.45) is 0 Å². The molecule has 0 N–H and O–H groups in total. The molecule has 0 aliphatic carbocycles. The van der Waals surface area contributed by atoms with Crippen LogP contribution in [0.25, 0.3) is 0 Å². The maximum Gasteiger partial charge on any atom is 0.201 e. The van der Waals surface area contributed by atoms with Crippen molar-refractivity contribution in [2.45, 2.75) is 0 Å². The zero-order chi connectivity index (χ0) is 14.0. The van der Waals surface area contributed by atoms with Gasteiger partial charge in [-0.15, -0.1) is 0 Å². The molecule has 0 aliphatic heterocycles. The summed E-state index contributed by atoms with van der Waals surface area (Å²) in [6.45, 7) is 0. The fraction of sp³-hybridized carbons (Fsp3) is 0. The van der Waals surface area contributed by atoms with Crippen LogP contribution in [0.15, 0.2) is 39.3 Å². The lowest BCUT2D eigenvalue weighted by Crippen LogP contribution is -1.93. The Morgan fingerprint density at radius 1 is 1.11 bits per heavy atom. The minimum Gasteiger partial charge on any atom is -0.454 e. The Morgan fingerprint density at radius 3 is 2.47 bits per heavy atom. The molecule has 19 heavy (non-hydrogen) atoms. The van der Waals surface area contributed by atoms with Gasteiger partial charge in [0.15, 0.2) is 17.9 Å². The molecule has 0 saturated carbocycles. The van der Waals surface area contributed by atoms with Crippen LogP contribution in [0.4, 0.5) is 8.78 Å². The van der Waals surface area contributed by atoms with Crippen LogP contribution in [0, 0.1) is 11.6 Å². The molecule has 0 radical (unpaired) electrons. The topological polar surface area (TPSA) is 26.3 Å². The molecule has 0 saturated heterocycles. The third kappa shape index (κ3) is 3.19. The van der Waals surface area contributed by atoms with Crippen molar-refractivity contribution in [3.05, 3.63) is 56.5 Å². The molecule has 2 aromatic carbocycles. The molecule has 0 unspecified atom stereocenters. The van der Waals surface area contributed by atoms with E-state index >= 15 is 0 Å². The van der Waals surface area contributed by atoms with Gasteiger partial charge < -0.3 is 4.74 Å². The number of aldehydes is 1. The zero-order valence-corrected chi connectivity index (χ0v) is 12.5. The summed E-state index contributed by atoms with van der Waals surface area (Å²) < 4.78 is 32.9. The highest BCUT2D eigenvalue weighted by Gasteiger charge is 2.12. The predicted molar refractivity (Wildman–Crippen MR) is 73.7 cm³/mol. The summed E-state index contributed by atoms with van der Waals surface area (Å²) in [7, 11) is 0. The van der Waals surface area contributed by atoms with E-state index in [2.05, 4.69) is 31.9 Å². The van der Waals surface area contributed by atoms with Gasteiger partial charge in [0.05, 0.1) is 0 Å². The largest absolute Gasteiger partial charge is 0.454 e. The van der Waals surface area contributed by atoms with E-state index in [9.17, 15) is 13.6 Å². The van der Waals surface area contributed by atoms with Crippen LogP contribution in [-0.2, 0) is 0 Å². The monoisotopic (exact) mass is 390 g/mol. The summed E-state index contributed by atoms with van der Waals surface area (Å²) in [4.78, 5) is 10.7. The number of carbonyl (C=O) groups is 1. The molecule has 0 amide bonds. The van der Waals surface area contributed by atoms with E-state index in [0.717, 1.165) is 6.07 Å². The quantitative estimate of drug-likeness (QED) is 0.537. The first-order valence-electron chi connectivity index (χ1n) is 5.08. The van der Waals surface area contributed by atoms with Gasteiger partial charge in [0, 0.05) is 14.5 Å². The Kier molecular flexibility index (Phi) is 4.31.